The maximum absolute atomic E-state index is 12.0. The molecule has 0 atom stereocenters. The van der Waals surface area contributed by atoms with E-state index in [4.69, 9.17) is 17.3 Å². The second kappa shape index (κ2) is 4.97. The maximum Gasteiger partial charge on any atom is 0.168 e. The minimum absolute atomic E-state index is 0.0599. The standard InChI is InChI=1S/C13H11ClN2O/c14-11-6-2-1-5-10(11)12(17)8-9-4-3-7-16-13(9)15/h1-7H,8H2,(H2,15,16). The zero-order valence-electron chi connectivity index (χ0n) is 9.06. The number of nitrogen functional groups attached to an aromatic ring is 1. The van der Waals surface area contributed by atoms with E-state index in [1.807, 2.05) is 0 Å². The topological polar surface area (TPSA) is 56.0 Å². The minimum Gasteiger partial charge on any atom is -0.383 e. The van der Waals surface area contributed by atoms with Crippen molar-refractivity contribution in [2.45, 2.75) is 6.42 Å². The number of hydrogen-bond acceptors (Lipinski definition) is 3. The van der Waals surface area contributed by atoms with E-state index in [9.17, 15) is 4.79 Å². The Hall–Kier alpha value is -1.87. The number of halogens is 1. The summed E-state index contributed by atoms with van der Waals surface area (Å²) in [7, 11) is 0. The van der Waals surface area contributed by atoms with E-state index in [-0.39, 0.29) is 12.2 Å². The van der Waals surface area contributed by atoms with Crippen molar-refractivity contribution in [1.29, 1.82) is 0 Å². The summed E-state index contributed by atoms with van der Waals surface area (Å²) >= 11 is 5.96. The smallest absolute Gasteiger partial charge is 0.168 e. The molecule has 0 aliphatic heterocycles. The number of benzene rings is 1. The average molecular weight is 247 g/mol. The normalized spacial score (nSPS) is 10.2. The molecule has 0 saturated heterocycles. The lowest BCUT2D eigenvalue weighted by molar-refractivity contribution is 0.0993. The Morgan fingerprint density at radius 2 is 2.00 bits per heavy atom. The van der Waals surface area contributed by atoms with Gasteiger partial charge in [-0.25, -0.2) is 4.98 Å². The predicted octanol–water partition coefficient (Wildman–Crippen LogP) is 2.74. The summed E-state index contributed by atoms with van der Waals surface area (Å²) in [5.41, 5.74) is 6.92. The molecule has 0 saturated carbocycles. The molecule has 0 amide bonds. The summed E-state index contributed by atoms with van der Waals surface area (Å²) in [4.78, 5) is 16.0. The van der Waals surface area contributed by atoms with Crippen molar-refractivity contribution in [3.8, 4) is 0 Å². The predicted molar refractivity (Wildman–Crippen MR) is 68.1 cm³/mol. The van der Waals surface area contributed by atoms with E-state index in [0.29, 0.717) is 16.4 Å². The average Bonchev–Trinajstić information content (AvgIpc) is 2.32. The van der Waals surface area contributed by atoms with Crippen molar-refractivity contribution < 1.29 is 4.79 Å². The van der Waals surface area contributed by atoms with Crippen LogP contribution in [0, 0.1) is 0 Å². The van der Waals surface area contributed by atoms with Gasteiger partial charge in [0.25, 0.3) is 0 Å². The zero-order valence-corrected chi connectivity index (χ0v) is 9.82. The third kappa shape index (κ3) is 2.63. The monoisotopic (exact) mass is 246 g/mol. The Labute approximate surface area is 104 Å². The van der Waals surface area contributed by atoms with E-state index in [0.717, 1.165) is 5.56 Å². The summed E-state index contributed by atoms with van der Waals surface area (Å²) in [6, 6.07) is 10.5. The molecule has 0 spiro atoms. The second-order valence-electron chi connectivity index (χ2n) is 3.63. The molecule has 0 radical (unpaired) electrons. The van der Waals surface area contributed by atoms with Crippen LogP contribution in [-0.4, -0.2) is 10.8 Å². The van der Waals surface area contributed by atoms with Crippen LogP contribution >= 0.6 is 11.6 Å². The van der Waals surface area contributed by atoms with Gasteiger partial charge >= 0.3 is 0 Å². The highest BCUT2D eigenvalue weighted by Crippen LogP contribution is 2.18. The lowest BCUT2D eigenvalue weighted by Crippen LogP contribution is -2.07. The van der Waals surface area contributed by atoms with Gasteiger partial charge in [-0.1, -0.05) is 29.8 Å². The van der Waals surface area contributed by atoms with Crippen molar-refractivity contribution in [2.75, 3.05) is 5.73 Å². The Morgan fingerprint density at radius 3 is 2.71 bits per heavy atom. The molecule has 2 N–H and O–H groups in total. The maximum atomic E-state index is 12.0. The first kappa shape index (κ1) is 11.6. The quantitative estimate of drug-likeness (QED) is 0.848. The van der Waals surface area contributed by atoms with E-state index in [1.54, 1.807) is 42.6 Å². The number of rotatable bonds is 3. The van der Waals surface area contributed by atoms with Crippen LogP contribution in [0.15, 0.2) is 42.6 Å². The molecular formula is C13H11ClN2O. The fourth-order valence-electron chi connectivity index (χ4n) is 1.56. The van der Waals surface area contributed by atoms with Crippen LogP contribution in [0.2, 0.25) is 5.02 Å². The molecule has 0 bridgehead atoms. The molecule has 86 valence electrons. The lowest BCUT2D eigenvalue weighted by atomic mass is 10.0. The molecule has 1 aromatic heterocycles. The molecule has 2 rings (SSSR count). The van der Waals surface area contributed by atoms with Gasteiger partial charge in [0, 0.05) is 23.7 Å². The molecular weight excluding hydrogens is 236 g/mol. The van der Waals surface area contributed by atoms with Gasteiger partial charge in [0.15, 0.2) is 5.78 Å². The number of carbonyl (C=O) groups excluding carboxylic acids is 1. The Balaban J connectivity index is 2.24. The first-order valence-corrected chi connectivity index (χ1v) is 5.53. The van der Waals surface area contributed by atoms with Crippen molar-refractivity contribution in [3.63, 3.8) is 0 Å². The number of nitrogens with zero attached hydrogens (tertiary/aromatic N) is 1. The number of hydrogen-bond donors (Lipinski definition) is 1. The van der Waals surface area contributed by atoms with E-state index in [1.165, 1.54) is 0 Å². The third-order valence-corrected chi connectivity index (χ3v) is 2.78. The van der Waals surface area contributed by atoms with Gasteiger partial charge < -0.3 is 5.73 Å². The van der Waals surface area contributed by atoms with Gasteiger partial charge in [0.2, 0.25) is 0 Å². The van der Waals surface area contributed by atoms with Crippen LogP contribution in [0.3, 0.4) is 0 Å². The molecule has 0 aliphatic rings. The Kier molecular flexibility index (Phi) is 3.40. The number of pyridine rings is 1. The number of anilines is 1. The number of nitrogens with two attached hydrogens (primary N) is 1. The first-order chi connectivity index (χ1) is 8.18. The highest BCUT2D eigenvalue weighted by molar-refractivity contribution is 6.34. The van der Waals surface area contributed by atoms with E-state index < -0.39 is 0 Å². The summed E-state index contributed by atoms with van der Waals surface area (Å²) in [5, 5.41) is 0.458. The highest BCUT2D eigenvalue weighted by Gasteiger charge is 2.12. The highest BCUT2D eigenvalue weighted by atomic mass is 35.5. The third-order valence-electron chi connectivity index (χ3n) is 2.45. The van der Waals surface area contributed by atoms with Crippen molar-refractivity contribution in [1.82, 2.24) is 4.98 Å². The van der Waals surface area contributed by atoms with Gasteiger partial charge in [-0.05, 0) is 18.2 Å². The molecule has 1 heterocycles. The number of Topliss-reactive ketones (excluding diaryl/α,β-unsaturated/α-hetero) is 1. The van der Waals surface area contributed by atoms with Crippen molar-refractivity contribution >= 4 is 23.2 Å². The Morgan fingerprint density at radius 1 is 1.24 bits per heavy atom. The lowest BCUT2D eigenvalue weighted by Gasteiger charge is -2.05. The summed E-state index contributed by atoms with van der Waals surface area (Å²) in [6.45, 7) is 0. The molecule has 2 aromatic rings. The summed E-state index contributed by atoms with van der Waals surface area (Å²) in [5.74, 6) is 0.322. The molecule has 0 unspecified atom stereocenters. The van der Waals surface area contributed by atoms with Gasteiger partial charge in [-0.15, -0.1) is 0 Å². The van der Waals surface area contributed by atoms with Crippen LogP contribution in [-0.2, 0) is 6.42 Å². The minimum atomic E-state index is -0.0599. The van der Waals surface area contributed by atoms with Crippen LogP contribution in [0.1, 0.15) is 15.9 Å². The fourth-order valence-corrected chi connectivity index (χ4v) is 1.80. The fraction of sp³-hybridized carbons (Fsp3) is 0.0769. The molecule has 17 heavy (non-hydrogen) atoms. The molecule has 0 aliphatic carbocycles. The number of aromatic nitrogens is 1. The van der Waals surface area contributed by atoms with Crippen LogP contribution in [0.25, 0.3) is 0 Å². The van der Waals surface area contributed by atoms with Gasteiger partial charge in [0.1, 0.15) is 5.82 Å². The van der Waals surface area contributed by atoms with Gasteiger partial charge in [-0.3, -0.25) is 4.79 Å². The van der Waals surface area contributed by atoms with Crippen molar-refractivity contribution in [3.05, 3.63) is 58.7 Å². The van der Waals surface area contributed by atoms with Gasteiger partial charge in [0.05, 0.1) is 5.02 Å². The van der Waals surface area contributed by atoms with E-state index >= 15 is 0 Å². The Bertz CT molecular complexity index is 555. The summed E-state index contributed by atoms with van der Waals surface area (Å²) in [6.07, 6.45) is 1.81. The van der Waals surface area contributed by atoms with Crippen molar-refractivity contribution in [2.24, 2.45) is 0 Å². The SMILES string of the molecule is Nc1ncccc1CC(=O)c1ccccc1Cl. The first-order valence-electron chi connectivity index (χ1n) is 5.15. The van der Waals surface area contributed by atoms with Crippen LogP contribution in [0.5, 0.6) is 0 Å². The second-order valence-corrected chi connectivity index (χ2v) is 4.03. The number of ketones is 1. The molecule has 0 fully saturated rings. The molecule has 3 nitrogen and oxygen atoms in total. The number of carbonyl (C=O) groups is 1. The summed E-state index contributed by atoms with van der Waals surface area (Å²) < 4.78 is 0. The largest absolute Gasteiger partial charge is 0.383 e. The molecule has 4 heteroatoms. The van der Waals surface area contributed by atoms with Crippen LogP contribution in [0.4, 0.5) is 5.82 Å². The van der Waals surface area contributed by atoms with Gasteiger partial charge in [-0.2, -0.15) is 0 Å². The zero-order chi connectivity index (χ0) is 12.3. The van der Waals surface area contributed by atoms with Crippen LogP contribution < -0.4 is 5.73 Å². The van der Waals surface area contributed by atoms with E-state index in [2.05, 4.69) is 4.98 Å². The molecule has 1 aromatic carbocycles.